The molecule has 0 saturated carbocycles. The second-order valence-corrected chi connectivity index (χ2v) is 6.12. The first-order valence-electron chi connectivity index (χ1n) is 8.34. The van der Waals surface area contributed by atoms with Crippen LogP contribution < -0.4 is 15.0 Å². The van der Waals surface area contributed by atoms with Crippen LogP contribution in [0.3, 0.4) is 0 Å². The number of hydrogen-bond donors (Lipinski definition) is 1. The van der Waals surface area contributed by atoms with Crippen LogP contribution in [0.4, 0.5) is 17.1 Å². The molecule has 0 heterocycles. The number of methoxy groups -OCH3 is 1. The van der Waals surface area contributed by atoms with Crippen molar-refractivity contribution in [2.45, 2.75) is 13.0 Å². The van der Waals surface area contributed by atoms with E-state index in [0.29, 0.717) is 5.56 Å². The molecule has 148 valence electrons. The number of hydrogen-bond acceptors (Lipinski definition) is 7. The molecule has 2 aromatic rings. The standard InChI is InChI=1S/C19H21N3O6/c1-12(28-19(24)13-6-5-7-14(10-13)21(2)3)18(23)20-16-9-8-15(22(25)26)11-17(16)27-4/h5-12H,1-4H3,(H,20,23)/t12-/m1/s1. The van der Waals surface area contributed by atoms with Gasteiger partial charge in [-0.2, -0.15) is 0 Å². The molecule has 9 heteroatoms. The largest absolute Gasteiger partial charge is 0.494 e. The normalized spacial score (nSPS) is 11.3. The average molecular weight is 387 g/mol. The molecule has 0 spiro atoms. The van der Waals surface area contributed by atoms with E-state index in [0.717, 1.165) is 5.69 Å². The number of ether oxygens (including phenoxy) is 2. The van der Waals surface area contributed by atoms with Crippen molar-refractivity contribution in [3.8, 4) is 5.75 Å². The lowest BCUT2D eigenvalue weighted by atomic mass is 10.2. The van der Waals surface area contributed by atoms with Crippen molar-refractivity contribution in [3.63, 3.8) is 0 Å². The molecule has 1 amide bonds. The van der Waals surface area contributed by atoms with Crippen molar-refractivity contribution in [1.29, 1.82) is 0 Å². The van der Waals surface area contributed by atoms with Crippen LogP contribution in [0.1, 0.15) is 17.3 Å². The van der Waals surface area contributed by atoms with Gasteiger partial charge in [-0.15, -0.1) is 0 Å². The molecule has 2 rings (SSSR count). The number of benzene rings is 2. The lowest BCUT2D eigenvalue weighted by Crippen LogP contribution is -2.30. The third kappa shape index (κ3) is 4.97. The number of nitro groups is 1. The Morgan fingerprint density at radius 3 is 2.50 bits per heavy atom. The molecule has 0 aliphatic rings. The molecule has 0 aliphatic heterocycles. The number of non-ortho nitro benzene ring substituents is 1. The second kappa shape index (κ2) is 8.85. The minimum atomic E-state index is -1.09. The van der Waals surface area contributed by atoms with Gasteiger partial charge in [-0.1, -0.05) is 6.07 Å². The first-order chi connectivity index (χ1) is 13.2. The van der Waals surface area contributed by atoms with Crippen molar-refractivity contribution in [2.75, 3.05) is 31.4 Å². The van der Waals surface area contributed by atoms with Gasteiger partial charge in [-0.05, 0) is 31.2 Å². The highest BCUT2D eigenvalue weighted by atomic mass is 16.6. The lowest BCUT2D eigenvalue weighted by molar-refractivity contribution is -0.384. The molecule has 1 atom stereocenters. The van der Waals surface area contributed by atoms with Gasteiger partial charge in [-0.25, -0.2) is 4.79 Å². The van der Waals surface area contributed by atoms with E-state index in [1.54, 1.807) is 18.2 Å². The number of carbonyl (C=O) groups is 2. The molecule has 9 nitrogen and oxygen atoms in total. The Bertz CT molecular complexity index is 897. The van der Waals surface area contributed by atoms with Crippen LogP contribution in [-0.4, -0.2) is 44.1 Å². The van der Waals surface area contributed by atoms with Crippen molar-refractivity contribution in [3.05, 3.63) is 58.1 Å². The zero-order chi connectivity index (χ0) is 20.8. The highest BCUT2D eigenvalue weighted by Gasteiger charge is 2.21. The molecule has 0 unspecified atom stereocenters. The fraction of sp³-hybridized carbons (Fsp3) is 0.263. The number of nitrogens with zero attached hydrogens (tertiary/aromatic N) is 2. The van der Waals surface area contributed by atoms with Crippen LogP contribution in [0, 0.1) is 10.1 Å². The summed E-state index contributed by atoms with van der Waals surface area (Å²) in [5, 5.41) is 13.4. The number of esters is 1. The molecule has 0 saturated heterocycles. The van der Waals surface area contributed by atoms with Crippen LogP contribution in [0.25, 0.3) is 0 Å². The quantitative estimate of drug-likeness (QED) is 0.442. The van der Waals surface area contributed by atoms with Crippen LogP contribution in [0.5, 0.6) is 5.75 Å². The summed E-state index contributed by atoms with van der Waals surface area (Å²) in [5.74, 6) is -1.11. The minimum absolute atomic E-state index is 0.125. The maximum absolute atomic E-state index is 12.4. The monoisotopic (exact) mass is 387 g/mol. The van der Waals surface area contributed by atoms with Crippen LogP contribution in [0.15, 0.2) is 42.5 Å². The molecule has 0 bridgehead atoms. The van der Waals surface area contributed by atoms with E-state index in [2.05, 4.69) is 5.32 Å². The van der Waals surface area contributed by atoms with Crippen LogP contribution >= 0.6 is 0 Å². The van der Waals surface area contributed by atoms with Gasteiger partial charge in [0.15, 0.2) is 6.10 Å². The van der Waals surface area contributed by atoms with E-state index in [1.165, 1.54) is 32.2 Å². The first-order valence-corrected chi connectivity index (χ1v) is 8.34. The summed E-state index contributed by atoms with van der Waals surface area (Å²) in [7, 11) is 5.02. The average Bonchev–Trinajstić information content (AvgIpc) is 2.67. The Hall–Kier alpha value is -3.62. The topological polar surface area (TPSA) is 111 Å². The van der Waals surface area contributed by atoms with Crippen LogP contribution in [-0.2, 0) is 9.53 Å². The third-order valence-corrected chi connectivity index (χ3v) is 3.91. The van der Waals surface area contributed by atoms with E-state index in [-0.39, 0.29) is 17.1 Å². The van der Waals surface area contributed by atoms with Gasteiger partial charge in [0.2, 0.25) is 0 Å². The minimum Gasteiger partial charge on any atom is -0.494 e. The second-order valence-electron chi connectivity index (χ2n) is 6.12. The summed E-state index contributed by atoms with van der Waals surface area (Å²) in [4.78, 5) is 36.8. The maximum atomic E-state index is 12.4. The van der Waals surface area contributed by atoms with E-state index in [9.17, 15) is 19.7 Å². The number of anilines is 2. The molecule has 2 aromatic carbocycles. The Kier molecular flexibility index (Phi) is 6.54. The Morgan fingerprint density at radius 1 is 1.18 bits per heavy atom. The van der Waals surface area contributed by atoms with E-state index in [4.69, 9.17) is 9.47 Å². The maximum Gasteiger partial charge on any atom is 0.338 e. The molecule has 1 N–H and O–H groups in total. The zero-order valence-corrected chi connectivity index (χ0v) is 16.0. The molecule has 28 heavy (non-hydrogen) atoms. The van der Waals surface area contributed by atoms with E-state index < -0.39 is 22.9 Å². The van der Waals surface area contributed by atoms with Gasteiger partial charge in [-0.3, -0.25) is 14.9 Å². The van der Waals surface area contributed by atoms with Gasteiger partial charge >= 0.3 is 5.97 Å². The fourth-order valence-corrected chi connectivity index (χ4v) is 2.32. The molecule has 0 aliphatic carbocycles. The van der Waals surface area contributed by atoms with Gasteiger partial charge in [0.25, 0.3) is 11.6 Å². The third-order valence-electron chi connectivity index (χ3n) is 3.91. The number of nitro benzene ring substituents is 1. The summed E-state index contributed by atoms with van der Waals surface area (Å²) in [6, 6.07) is 10.6. The SMILES string of the molecule is COc1cc([N+](=O)[O-])ccc1NC(=O)[C@@H](C)OC(=O)c1cccc(N(C)C)c1. The van der Waals surface area contributed by atoms with Crippen molar-refractivity contribution in [1.82, 2.24) is 0 Å². The fourth-order valence-electron chi connectivity index (χ4n) is 2.32. The Morgan fingerprint density at radius 2 is 1.89 bits per heavy atom. The van der Waals surface area contributed by atoms with Gasteiger partial charge in [0, 0.05) is 25.8 Å². The van der Waals surface area contributed by atoms with Crippen LogP contribution in [0.2, 0.25) is 0 Å². The lowest BCUT2D eigenvalue weighted by Gasteiger charge is -2.16. The number of nitrogens with one attached hydrogen (secondary N) is 1. The number of amides is 1. The first kappa shape index (κ1) is 20.7. The Labute approximate surface area is 162 Å². The van der Waals surface area contributed by atoms with Crippen molar-refractivity contribution in [2.24, 2.45) is 0 Å². The zero-order valence-electron chi connectivity index (χ0n) is 16.0. The number of carbonyl (C=O) groups excluding carboxylic acids is 2. The van der Waals surface area contributed by atoms with Crippen molar-refractivity contribution >= 4 is 28.9 Å². The van der Waals surface area contributed by atoms with Gasteiger partial charge in [0.1, 0.15) is 5.75 Å². The highest BCUT2D eigenvalue weighted by molar-refractivity contribution is 5.98. The molecule has 0 fully saturated rings. The number of rotatable bonds is 7. The summed E-state index contributed by atoms with van der Waals surface area (Å²) in [6.07, 6.45) is -1.09. The summed E-state index contributed by atoms with van der Waals surface area (Å²) in [5.41, 5.74) is 1.20. The smallest absolute Gasteiger partial charge is 0.338 e. The predicted octanol–water partition coefficient (Wildman–Crippen LogP) is 2.85. The molecular formula is C19H21N3O6. The molecular weight excluding hydrogens is 366 g/mol. The van der Waals surface area contributed by atoms with E-state index in [1.807, 2.05) is 25.1 Å². The molecule has 0 radical (unpaired) electrons. The van der Waals surface area contributed by atoms with E-state index >= 15 is 0 Å². The summed E-state index contributed by atoms with van der Waals surface area (Å²) in [6.45, 7) is 1.43. The Balaban J connectivity index is 2.08. The predicted molar refractivity (Wildman–Crippen MR) is 104 cm³/mol. The van der Waals surface area contributed by atoms with Gasteiger partial charge in [0.05, 0.1) is 29.4 Å². The summed E-state index contributed by atoms with van der Waals surface area (Å²) < 4.78 is 10.3. The molecule has 0 aromatic heterocycles. The van der Waals surface area contributed by atoms with Gasteiger partial charge < -0.3 is 19.7 Å². The summed E-state index contributed by atoms with van der Waals surface area (Å²) >= 11 is 0. The van der Waals surface area contributed by atoms with Crippen molar-refractivity contribution < 1.29 is 24.0 Å². The highest BCUT2D eigenvalue weighted by Crippen LogP contribution is 2.29.